The molecule has 0 bridgehead atoms. The monoisotopic (exact) mass is 581 g/mol. The highest BCUT2D eigenvalue weighted by Gasteiger charge is 2.19. The number of amides is 1. The van der Waals surface area contributed by atoms with Gasteiger partial charge in [0.2, 0.25) is 5.88 Å². The summed E-state index contributed by atoms with van der Waals surface area (Å²) in [5, 5.41) is 6.71. The lowest BCUT2D eigenvalue weighted by Gasteiger charge is -2.23. The molecule has 8 nitrogen and oxygen atoms in total. The second kappa shape index (κ2) is 19.4. The Kier molecular flexibility index (Phi) is 17.7. The lowest BCUT2D eigenvalue weighted by molar-refractivity contribution is -0.0980. The summed E-state index contributed by atoms with van der Waals surface area (Å²) in [6.07, 6.45) is 0.998. The fourth-order valence-electron chi connectivity index (χ4n) is 3.35. The lowest BCUT2D eigenvalue weighted by atomic mass is 9.81. The van der Waals surface area contributed by atoms with Crippen LogP contribution in [0.5, 0.6) is 11.6 Å². The van der Waals surface area contributed by atoms with E-state index in [-0.39, 0.29) is 11.3 Å². The zero-order valence-electron chi connectivity index (χ0n) is 26.2. The number of benzene rings is 2. The van der Waals surface area contributed by atoms with Crippen LogP contribution in [-0.2, 0) is 10.2 Å². The quantitative estimate of drug-likeness (QED) is 0.219. The van der Waals surface area contributed by atoms with Gasteiger partial charge in [0, 0.05) is 23.4 Å². The Morgan fingerprint density at radius 1 is 1.00 bits per heavy atom. The van der Waals surface area contributed by atoms with Gasteiger partial charge in [-0.05, 0) is 82.2 Å². The Bertz CT molecular complexity index is 1340. The molecule has 0 aliphatic heterocycles. The number of aromatic nitrogens is 2. The van der Waals surface area contributed by atoms with Crippen molar-refractivity contribution in [1.82, 2.24) is 15.3 Å². The average molecular weight is 582 g/mol. The summed E-state index contributed by atoms with van der Waals surface area (Å²) >= 11 is 1.54. The summed E-state index contributed by atoms with van der Waals surface area (Å²) < 4.78 is 6.05. The van der Waals surface area contributed by atoms with Gasteiger partial charge in [-0.15, -0.1) is 0 Å². The minimum absolute atomic E-state index is 0.0197. The number of hydrogen-bond acceptors (Lipinski definition) is 8. The maximum Gasteiger partial charge on any atom is 0.255 e. The standard InChI is InChI=1S/C26H27N3O2S.C2H7N.C2H6.CH5N.CH2O/c1-6-26(4,5)19-9-7-8-18(14-19)24(30)28-20-11-10-16(2)22(15-20)31-23-13-12-21-25(29-23)32-17(3)27-21;1-3-2;3*1-2/h7-15H,6H2,1-5H3,(H,28,30);3H,1-2H3;1-2H3;2H2,1H3;1H2. The third-order valence-corrected chi connectivity index (χ3v) is 6.67. The molecule has 0 unspecified atom stereocenters. The first-order valence-electron chi connectivity index (χ1n) is 13.6. The van der Waals surface area contributed by atoms with E-state index in [1.807, 2.05) is 97.1 Å². The molecule has 0 saturated heterocycles. The molecule has 4 aromatic rings. The highest BCUT2D eigenvalue weighted by Crippen LogP contribution is 2.30. The Labute approximate surface area is 249 Å². The number of anilines is 1. The van der Waals surface area contributed by atoms with E-state index in [2.05, 4.69) is 53.2 Å². The fourth-order valence-corrected chi connectivity index (χ4v) is 4.13. The lowest BCUT2D eigenvalue weighted by Crippen LogP contribution is -2.18. The molecular formula is C32H47N5O3S. The van der Waals surface area contributed by atoms with Gasteiger partial charge < -0.3 is 25.9 Å². The number of carbonyl (C=O) groups excluding carboxylic acids is 2. The molecule has 0 aliphatic carbocycles. The molecule has 1 amide bonds. The predicted molar refractivity (Wildman–Crippen MR) is 175 cm³/mol. The third kappa shape index (κ3) is 11.4. The number of hydrogen-bond donors (Lipinski definition) is 3. The van der Waals surface area contributed by atoms with E-state index in [1.54, 1.807) is 0 Å². The number of carbonyl (C=O) groups is 2. The Balaban J connectivity index is 0.00000161. The van der Waals surface area contributed by atoms with E-state index in [4.69, 9.17) is 9.53 Å². The van der Waals surface area contributed by atoms with Crippen molar-refractivity contribution in [3.05, 3.63) is 76.3 Å². The van der Waals surface area contributed by atoms with Gasteiger partial charge in [0.1, 0.15) is 22.9 Å². The van der Waals surface area contributed by atoms with Crippen LogP contribution < -0.4 is 21.1 Å². The number of rotatable bonds is 6. The van der Waals surface area contributed by atoms with Crippen LogP contribution in [0.2, 0.25) is 0 Å². The van der Waals surface area contributed by atoms with E-state index in [9.17, 15) is 4.79 Å². The first kappa shape index (κ1) is 37.3. The minimum atomic E-state index is -0.145. The maximum absolute atomic E-state index is 12.9. The van der Waals surface area contributed by atoms with E-state index < -0.39 is 0 Å². The van der Waals surface area contributed by atoms with Gasteiger partial charge in [0.25, 0.3) is 5.91 Å². The first-order valence-corrected chi connectivity index (χ1v) is 14.4. The Morgan fingerprint density at radius 2 is 1.63 bits per heavy atom. The van der Waals surface area contributed by atoms with Crippen molar-refractivity contribution >= 4 is 40.1 Å². The van der Waals surface area contributed by atoms with Gasteiger partial charge in [0.05, 0.1) is 5.01 Å². The molecule has 0 spiro atoms. The summed E-state index contributed by atoms with van der Waals surface area (Å²) in [7, 11) is 5.25. The molecule has 4 N–H and O–H groups in total. The number of ether oxygens (including phenoxy) is 1. The van der Waals surface area contributed by atoms with Crippen molar-refractivity contribution < 1.29 is 14.3 Å². The molecule has 9 heteroatoms. The average Bonchev–Trinajstić information content (AvgIpc) is 3.37. The summed E-state index contributed by atoms with van der Waals surface area (Å²) in [6, 6.07) is 17.2. The van der Waals surface area contributed by atoms with E-state index in [1.165, 1.54) is 18.4 Å². The maximum atomic E-state index is 12.9. The van der Waals surface area contributed by atoms with Crippen molar-refractivity contribution in [3.63, 3.8) is 0 Å². The van der Waals surface area contributed by atoms with Gasteiger partial charge >= 0.3 is 0 Å². The van der Waals surface area contributed by atoms with Crippen LogP contribution in [-0.4, -0.2) is 43.8 Å². The second-order valence-electron chi connectivity index (χ2n) is 9.06. The SMILES string of the molecule is C=O.CC.CCC(C)(C)c1cccc(C(=O)Nc2ccc(C)c(Oc3ccc4nc(C)sc4n3)c2)c1.CN.CNC. The van der Waals surface area contributed by atoms with Gasteiger partial charge in [-0.3, -0.25) is 4.79 Å². The normalized spacial score (nSPS) is 9.83. The third-order valence-electron chi connectivity index (χ3n) is 5.79. The number of nitrogens with zero attached hydrogens (tertiary/aromatic N) is 2. The number of nitrogens with one attached hydrogen (secondary N) is 2. The Morgan fingerprint density at radius 3 is 2.24 bits per heavy atom. The zero-order chi connectivity index (χ0) is 31.6. The molecule has 0 aliphatic rings. The van der Waals surface area contributed by atoms with Crippen LogP contribution in [0, 0.1) is 13.8 Å². The zero-order valence-corrected chi connectivity index (χ0v) is 27.0. The van der Waals surface area contributed by atoms with Crippen LogP contribution in [0.15, 0.2) is 54.6 Å². The summed E-state index contributed by atoms with van der Waals surface area (Å²) in [6.45, 7) is 16.5. The highest BCUT2D eigenvalue weighted by atomic mass is 32.1. The largest absolute Gasteiger partial charge is 0.439 e. The number of pyridine rings is 1. The van der Waals surface area contributed by atoms with Gasteiger partial charge in [0.15, 0.2) is 0 Å². The smallest absolute Gasteiger partial charge is 0.255 e. The highest BCUT2D eigenvalue weighted by molar-refractivity contribution is 7.18. The van der Waals surface area contributed by atoms with E-state index >= 15 is 0 Å². The molecule has 41 heavy (non-hydrogen) atoms. The summed E-state index contributed by atoms with van der Waals surface area (Å²) in [4.78, 5) is 30.8. The molecule has 0 fully saturated rings. The number of nitrogens with two attached hydrogens (primary N) is 1. The van der Waals surface area contributed by atoms with Crippen LogP contribution in [0.3, 0.4) is 0 Å². The molecule has 2 heterocycles. The molecule has 4 rings (SSSR count). The molecule has 224 valence electrons. The van der Waals surface area contributed by atoms with Crippen LogP contribution in [0.25, 0.3) is 10.3 Å². The predicted octanol–water partition coefficient (Wildman–Crippen LogP) is 7.29. The molecule has 0 radical (unpaired) electrons. The minimum Gasteiger partial charge on any atom is -0.439 e. The first-order chi connectivity index (χ1) is 19.7. The molecule has 2 aromatic heterocycles. The number of thiazole rings is 1. The van der Waals surface area contributed by atoms with Crippen molar-refractivity contribution in [2.75, 3.05) is 26.5 Å². The fraction of sp³-hybridized carbons (Fsp3) is 0.375. The van der Waals surface area contributed by atoms with E-state index in [0.29, 0.717) is 22.9 Å². The van der Waals surface area contributed by atoms with Crippen LogP contribution >= 0.6 is 11.3 Å². The van der Waals surface area contributed by atoms with Crippen LogP contribution in [0.4, 0.5) is 5.69 Å². The summed E-state index contributed by atoms with van der Waals surface area (Å²) in [5.41, 5.74) is 8.81. The number of fused-ring (bicyclic) bond motifs is 1. The molecule has 0 saturated carbocycles. The van der Waals surface area contributed by atoms with Crippen molar-refractivity contribution in [1.29, 1.82) is 0 Å². The van der Waals surface area contributed by atoms with E-state index in [0.717, 1.165) is 32.9 Å². The van der Waals surface area contributed by atoms with Gasteiger partial charge in [-0.2, -0.15) is 0 Å². The van der Waals surface area contributed by atoms with Crippen LogP contribution in [0.1, 0.15) is 67.5 Å². The molecule has 2 aromatic carbocycles. The van der Waals surface area contributed by atoms with Gasteiger partial charge in [-0.25, -0.2) is 9.97 Å². The van der Waals surface area contributed by atoms with Gasteiger partial charge in [-0.1, -0.05) is 64.2 Å². The number of aryl methyl sites for hydroxylation is 2. The molecular weight excluding hydrogens is 534 g/mol. The Hall–Kier alpha value is -3.66. The van der Waals surface area contributed by atoms with Crippen molar-refractivity contribution in [2.24, 2.45) is 5.73 Å². The summed E-state index contributed by atoms with van der Waals surface area (Å²) in [5.74, 6) is 1.01. The topological polar surface area (TPSA) is 119 Å². The second-order valence-corrected chi connectivity index (χ2v) is 10.2. The van der Waals surface area contributed by atoms with Crippen molar-refractivity contribution in [2.45, 2.75) is 60.3 Å². The molecule has 0 atom stereocenters. The van der Waals surface area contributed by atoms with Crippen molar-refractivity contribution in [3.8, 4) is 11.6 Å².